The van der Waals surface area contributed by atoms with Crippen LogP contribution in [0.3, 0.4) is 0 Å². The maximum Gasteiger partial charge on any atom is 0.109 e. The van der Waals surface area contributed by atoms with Gasteiger partial charge >= 0.3 is 0 Å². The minimum Gasteiger partial charge on any atom is -0.389 e. The van der Waals surface area contributed by atoms with Crippen LogP contribution in [-0.4, -0.2) is 4.98 Å². The van der Waals surface area contributed by atoms with E-state index in [0.717, 1.165) is 26.6 Å². The summed E-state index contributed by atoms with van der Waals surface area (Å²) in [7, 11) is 0. The van der Waals surface area contributed by atoms with Gasteiger partial charge < -0.3 is 5.73 Å². The first kappa shape index (κ1) is 10.6. The minimum absolute atomic E-state index is 0.819. The molecule has 2 rings (SSSR count). The van der Waals surface area contributed by atoms with Crippen molar-refractivity contribution in [3.63, 3.8) is 0 Å². The zero-order valence-corrected chi connectivity index (χ0v) is 10.7. The highest BCUT2D eigenvalue weighted by Crippen LogP contribution is 2.23. The summed E-state index contributed by atoms with van der Waals surface area (Å²) in [5, 5.41) is 1.89. The number of hydrogen-bond acceptors (Lipinski definition) is 3. The Morgan fingerprint density at radius 1 is 1.47 bits per heavy atom. The van der Waals surface area contributed by atoms with E-state index in [1.165, 1.54) is 5.56 Å². The molecule has 0 spiro atoms. The average Bonchev–Trinajstić information content (AvgIpc) is 2.45. The van der Waals surface area contributed by atoms with Crippen LogP contribution in [0, 0.1) is 6.92 Å². The van der Waals surface area contributed by atoms with Crippen LogP contribution >= 0.6 is 27.3 Å². The van der Waals surface area contributed by atoms with Crippen LogP contribution in [0.1, 0.15) is 16.3 Å². The summed E-state index contributed by atoms with van der Waals surface area (Å²) in [6.07, 6.45) is 0.849. The number of anilines is 1. The van der Waals surface area contributed by atoms with Gasteiger partial charge in [-0.05, 0) is 24.6 Å². The van der Waals surface area contributed by atoms with E-state index in [1.807, 2.05) is 19.1 Å². The summed E-state index contributed by atoms with van der Waals surface area (Å²) < 4.78 is 1.10. The molecule has 1 aromatic carbocycles. The van der Waals surface area contributed by atoms with Crippen molar-refractivity contribution in [1.29, 1.82) is 0 Å². The van der Waals surface area contributed by atoms with Gasteiger partial charge in [0.25, 0.3) is 0 Å². The summed E-state index contributed by atoms with van der Waals surface area (Å²) in [6.45, 7) is 1.94. The van der Waals surface area contributed by atoms with E-state index in [-0.39, 0.29) is 0 Å². The molecular formula is C11H11BrN2S. The Bertz CT molecular complexity index is 460. The predicted octanol–water partition coefficient (Wildman–Crippen LogP) is 3.39. The van der Waals surface area contributed by atoms with Gasteiger partial charge in [0, 0.05) is 10.9 Å². The highest BCUT2D eigenvalue weighted by molar-refractivity contribution is 9.10. The van der Waals surface area contributed by atoms with Crippen molar-refractivity contribution in [2.24, 2.45) is 0 Å². The van der Waals surface area contributed by atoms with Gasteiger partial charge in [0.1, 0.15) is 5.00 Å². The molecule has 0 saturated heterocycles. The lowest BCUT2D eigenvalue weighted by atomic mass is 10.2. The average molecular weight is 283 g/mol. The SMILES string of the molecule is Cc1nc(Cc2cccc(Br)c2)sc1N. The van der Waals surface area contributed by atoms with Gasteiger partial charge in [0.05, 0.1) is 10.7 Å². The second-order valence-corrected chi connectivity index (χ2v) is 5.39. The highest BCUT2D eigenvalue weighted by Gasteiger charge is 2.05. The van der Waals surface area contributed by atoms with Crippen LogP contribution in [0.4, 0.5) is 5.00 Å². The first-order valence-corrected chi connectivity index (χ1v) is 6.22. The highest BCUT2D eigenvalue weighted by atomic mass is 79.9. The van der Waals surface area contributed by atoms with Crippen LogP contribution < -0.4 is 5.73 Å². The van der Waals surface area contributed by atoms with Gasteiger partial charge in [-0.25, -0.2) is 4.98 Å². The molecule has 2 N–H and O–H groups in total. The molecule has 0 amide bonds. The largest absolute Gasteiger partial charge is 0.389 e. The van der Waals surface area contributed by atoms with Gasteiger partial charge in [0.15, 0.2) is 0 Å². The summed E-state index contributed by atoms with van der Waals surface area (Å²) >= 11 is 5.02. The Labute approximate surface area is 101 Å². The van der Waals surface area contributed by atoms with Crippen molar-refractivity contribution in [3.05, 3.63) is 45.0 Å². The fraction of sp³-hybridized carbons (Fsp3) is 0.182. The molecule has 2 aromatic rings. The number of aromatic nitrogens is 1. The first-order valence-electron chi connectivity index (χ1n) is 4.61. The predicted molar refractivity (Wildman–Crippen MR) is 68.2 cm³/mol. The van der Waals surface area contributed by atoms with Crippen LogP contribution in [0.5, 0.6) is 0 Å². The molecule has 0 atom stereocenters. The third kappa shape index (κ3) is 2.58. The first-order chi connectivity index (χ1) is 7.15. The zero-order chi connectivity index (χ0) is 10.8. The van der Waals surface area contributed by atoms with Crippen molar-refractivity contribution in [1.82, 2.24) is 4.98 Å². The molecule has 1 heterocycles. The number of aryl methyl sites for hydroxylation is 1. The lowest BCUT2D eigenvalue weighted by molar-refractivity contribution is 1.10. The number of nitrogen functional groups attached to an aromatic ring is 1. The van der Waals surface area contributed by atoms with Crippen LogP contribution in [0.25, 0.3) is 0 Å². The molecule has 15 heavy (non-hydrogen) atoms. The number of halogens is 1. The topological polar surface area (TPSA) is 38.9 Å². The smallest absolute Gasteiger partial charge is 0.109 e. The second kappa shape index (κ2) is 4.33. The molecule has 0 aliphatic heterocycles. The third-order valence-corrected chi connectivity index (χ3v) is 3.60. The molecule has 1 aromatic heterocycles. The lowest BCUT2D eigenvalue weighted by Crippen LogP contribution is -1.87. The maximum atomic E-state index is 5.77. The zero-order valence-electron chi connectivity index (χ0n) is 8.33. The van der Waals surface area contributed by atoms with E-state index in [0.29, 0.717) is 0 Å². The van der Waals surface area contributed by atoms with Crippen molar-refractivity contribution in [2.45, 2.75) is 13.3 Å². The molecule has 78 valence electrons. The number of benzene rings is 1. The normalized spacial score (nSPS) is 10.5. The van der Waals surface area contributed by atoms with Gasteiger partial charge in [0.2, 0.25) is 0 Å². The molecule has 0 aliphatic carbocycles. The summed E-state index contributed by atoms with van der Waals surface area (Å²) in [5.74, 6) is 0. The van der Waals surface area contributed by atoms with Crippen LogP contribution in [0.2, 0.25) is 0 Å². The molecule has 0 radical (unpaired) electrons. The van der Waals surface area contributed by atoms with Gasteiger partial charge in [-0.1, -0.05) is 28.1 Å². The Kier molecular flexibility index (Phi) is 3.07. The van der Waals surface area contributed by atoms with E-state index < -0.39 is 0 Å². The number of thiazole rings is 1. The minimum atomic E-state index is 0.819. The van der Waals surface area contributed by atoms with Gasteiger partial charge in [-0.3, -0.25) is 0 Å². The summed E-state index contributed by atoms with van der Waals surface area (Å²) in [6, 6.07) is 8.25. The van der Waals surface area contributed by atoms with Crippen molar-refractivity contribution >= 4 is 32.3 Å². The van der Waals surface area contributed by atoms with Crippen LogP contribution in [0.15, 0.2) is 28.7 Å². The van der Waals surface area contributed by atoms with E-state index in [9.17, 15) is 0 Å². The summed E-state index contributed by atoms with van der Waals surface area (Å²) in [4.78, 5) is 4.41. The Morgan fingerprint density at radius 2 is 2.27 bits per heavy atom. The van der Waals surface area contributed by atoms with E-state index in [2.05, 4.69) is 33.0 Å². The van der Waals surface area contributed by atoms with Gasteiger partial charge in [-0.15, -0.1) is 11.3 Å². The van der Waals surface area contributed by atoms with Crippen molar-refractivity contribution < 1.29 is 0 Å². The number of rotatable bonds is 2. The van der Waals surface area contributed by atoms with E-state index in [1.54, 1.807) is 11.3 Å². The van der Waals surface area contributed by atoms with Crippen molar-refractivity contribution in [3.8, 4) is 0 Å². The quantitative estimate of drug-likeness (QED) is 0.917. The molecule has 0 bridgehead atoms. The van der Waals surface area contributed by atoms with E-state index >= 15 is 0 Å². The number of nitrogens with two attached hydrogens (primary N) is 1. The summed E-state index contributed by atoms with van der Waals surface area (Å²) in [5.41, 5.74) is 7.95. The Hall–Kier alpha value is -0.870. The number of hydrogen-bond donors (Lipinski definition) is 1. The molecular weight excluding hydrogens is 272 g/mol. The fourth-order valence-corrected chi connectivity index (χ4v) is 2.68. The molecule has 0 unspecified atom stereocenters. The fourth-order valence-electron chi connectivity index (χ4n) is 1.36. The Morgan fingerprint density at radius 3 is 2.87 bits per heavy atom. The molecule has 0 fully saturated rings. The standard InChI is InChI=1S/C11H11BrN2S/c1-7-11(13)15-10(14-7)6-8-3-2-4-9(12)5-8/h2-5H,6,13H2,1H3. The molecule has 2 nitrogen and oxygen atoms in total. The molecule has 0 saturated carbocycles. The lowest BCUT2D eigenvalue weighted by Gasteiger charge is -1.98. The molecule has 0 aliphatic rings. The second-order valence-electron chi connectivity index (χ2n) is 3.36. The monoisotopic (exact) mass is 282 g/mol. The number of nitrogens with zero attached hydrogens (tertiary/aromatic N) is 1. The van der Waals surface area contributed by atoms with Crippen molar-refractivity contribution in [2.75, 3.05) is 5.73 Å². The van der Waals surface area contributed by atoms with E-state index in [4.69, 9.17) is 5.73 Å². The maximum absolute atomic E-state index is 5.77. The van der Waals surface area contributed by atoms with Crippen LogP contribution in [-0.2, 0) is 6.42 Å². The molecule has 4 heteroatoms. The van der Waals surface area contributed by atoms with Gasteiger partial charge in [-0.2, -0.15) is 0 Å². The third-order valence-electron chi connectivity index (χ3n) is 2.12. The Balaban J connectivity index is 2.22.